The van der Waals surface area contributed by atoms with Crippen LogP contribution in [0.1, 0.15) is 52.4 Å². The van der Waals surface area contributed by atoms with Gasteiger partial charge in [-0.3, -0.25) is 10.1 Å². The van der Waals surface area contributed by atoms with Gasteiger partial charge in [-0.2, -0.15) is 0 Å². The van der Waals surface area contributed by atoms with Gasteiger partial charge in [0.15, 0.2) is 0 Å². The van der Waals surface area contributed by atoms with Gasteiger partial charge in [0.2, 0.25) is 11.0 Å². The van der Waals surface area contributed by atoms with Gasteiger partial charge in [-0.05, 0) is 30.9 Å². The van der Waals surface area contributed by atoms with E-state index >= 15 is 0 Å². The molecule has 0 aliphatic heterocycles. The zero-order valence-electron chi connectivity index (χ0n) is 17.3. The van der Waals surface area contributed by atoms with Crippen LogP contribution in [0.15, 0.2) is 28.7 Å². The molecule has 3 rings (SSSR count). The average molecular weight is 494 g/mol. The van der Waals surface area contributed by atoms with Crippen LogP contribution in [0, 0.1) is 5.92 Å². The number of urea groups is 1. The Balaban J connectivity index is 1.62. The van der Waals surface area contributed by atoms with E-state index < -0.39 is 6.04 Å². The number of hydrogen-bond donors (Lipinski definition) is 3. The molecule has 1 aliphatic carbocycles. The standard InChI is InChI=1S/C21H28BrN5O2S/c1-3-13(2)17(24-20(29)23-16-7-5-4-6-8-16)18(28)25-21-27-26-19(30-21)14-9-11-15(22)12-10-14/h9-13,16-17H,3-8H2,1-2H3,(H2,23,24,29)(H,25,27,28). The number of anilines is 1. The molecule has 1 aliphatic rings. The summed E-state index contributed by atoms with van der Waals surface area (Å²) in [6.07, 6.45) is 6.26. The van der Waals surface area contributed by atoms with Gasteiger partial charge in [0.25, 0.3) is 0 Å². The summed E-state index contributed by atoms with van der Waals surface area (Å²) < 4.78 is 0.985. The van der Waals surface area contributed by atoms with Gasteiger partial charge in [-0.1, -0.05) is 78.9 Å². The summed E-state index contributed by atoms with van der Waals surface area (Å²) in [5, 5.41) is 18.1. The van der Waals surface area contributed by atoms with Crippen LogP contribution in [0.25, 0.3) is 10.6 Å². The zero-order chi connectivity index (χ0) is 21.5. The van der Waals surface area contributed by atoms with Gasteiger partial charge >= 0.3 is 6.03 Å². The fourth-order valence-electron chi connectivity index (χ4n) is 3.48. The molecule has 1 saturated carbocycles. The molecule has 30 heavy (non-hydrogen) atoms. The lowest BCUT2D eigenvalue weighted by molar-refractivity contribution is -0.119. The topological polar surface area (TPSA) is 96.0 Å². The van der Waals surface area contributed by atoms with Crippen molar-refractivity contribution in [2.45, 2.75) is 64.5 Å². The van der Waals surface area contributed by atoms with Crippen molar-refractivity contribution >= 4 is 44.3 Å². The maximum absolute atomic E-state index is 12.9. The lowest BCUT2D eigenvalue weighted by Crippen LogP contribution is -2.53. The van der Waals surface area contributed by atoms with Gasteiger partial charge in [0, 0.05) is 16.1 Å². The molecule has 3 amide bonds. The van der Waals surface area contributed by atoms with E-state index in [9.17, 15) is 9.59 Å². The Morgan fingerprint density at radius 1 is 1.17 bits per heavy atom. The number of benzene rings is 1. The highest BCUT2D eigenvalue weighted by Gasteiger charge is 2.28. The minimum atomic E-state index is -0.640. The predicted octanol–water partition coefficient (Wildman–Crippen LogP) is 4.95. The van der Waals surface area contributed by atoms with Crippen LogP contribution in [0.2, 0.25) is 0 Å². The number of amides is 3. The van der Waals surface area contributed by atoms with E-state index in [2.05, 4.69) is 42.1 Å². The number of aromatic nitrogens is 2. The first-order valence-corrected chi connectivity index (χ1v) is 12.0. The Morgan fingerprint density at radius 2 is 1.87 bits per heavy atom. The van der Waals surface area contributed by atoms with Crippen molar-refractivity contribution < 1.29 is 9.59 Å². The van der Waals surface area contributed by atoms with Crippen molar-refractivity contribution in [3.8, 4) is 10.6 Å². The lowest BCUT2D eigenvalue weighted by Gasteiger charge is -2.26. The van der Waals surface area contributed by atoms with Gasteiger partial charge in [0.1, 0.15) is 11.0 Å². The summed E-state index contributed by atoms with van der Waals surface area (Å²) in [6.45, 7) is 3.96. The smallest absolute Gasteiger partial charge is 0.315 e. The number of halogens is 1. The molecule has 162 valence electrons. The summed E-state index contributed by atoms with van der Waals surface area (Å²) in [4.78, 5) is 25.4. The number of carbonyl (C=O) groups is 2. The molecule has 1 fully saturated rings. The second kappa shape index (κ2) is 10.9. The molecule has 0 bridgehead atoms. The first-order valence-electron chi connectivity index (χ1n) is 10.4. The maximum Gasteiger partial charge on any atom is 0.315 e. The quantitative estimate of drug-likeness (QED) is 0.508. The van der Waals surface area contributed by atoms with E-state index in [1.807, 2.05) is 38.1 Å². The Morgan fingerprint density at radius 3 is 2.53 bits per heavy atom. The highest BCUT2D eigenvalue weighted by molar-refractivity contribution is 9.10. The molecule has 1 heterocycles. The van der Waals surface area contributed by atoms with Crippen LogP contribution in [-0.2, 0) is 4.79 Å². The lowest BCUT2D eigenvalue weighted by atomic mass is 9.95. The minimum absolute atomic E-state index is 0.0130. The minimum Gasteiger partial charge on any atom is -0.335 e. The van der Waals surface area contributed by atoms with Crippen molar-refractivity contribution in [2.75, 3.05) is 5.32 Å². The number of nitrogens with zero attached hydrogens (tertiary/aromatic N) is 2. The van der Waals surface area contributed by atoms with Gasteiger partial charge in [0.05, 0.1) is 0 Å². The average Bonchev–Trinajstić information content (AvgIpc) is 3.21. The molecule has 0 spiro atoms. The maximum atomic E-state index is 12.9. The van der Waals surface area contributed by atoms with Crippen molar-refractivity contribution in [2.24, 2.45) is 5.92 Å². The summed E-state index contributed by atoms with van der Waals surface area (Å²) in [5.74, 6) is -0.289. The Hall–Kier alpha value is -2.00. The van der Waals surface area contributed by atoms with E-state index in [0.717, 1.165) is 47.1 Å². The van der Waals surface area contributed by atoms with Crippen LogP contribution in [0.5, 0.6) is 0 Å². The van der Waals surface area contributed by atoms with Crippen LogP contribution in [0.4, 0.5) is 9.93 Å². The molecule has 0 radical (unpaired) electrons. The second-order valence-electron chi connectivity index (χ2n) is 7.72. The number of rotatable bonds is 7. The second-order valence-corrected chi connectivity index (χ2v) is 9.62. The van der Waals surface area contributed by atoms with Crippen molar-refractivity contribution in [3.63, 3.8) is 0 Å². The van der Waals surface area contributed by atoms with E-state index in [1.54, 1.807) is 0 Å². The number of hydrogen-bond acceptors (Lipinski definition) is 5. The molecule has 2 atom stereocenters. The molecule has 7 nitrogen and oxygen atoms in total. The molecule has 1 aromatic heterocycles. The highest BCUT2D eigenvalue weighted by atomic mass is 79.9. The first kappa shape index (κ1) is 22.7. The molecular formula is C21H28BrN5O2S. The molecule has 9 heteroatoms. The Labute approximate surface area is 189 Å². The largest absolute Gasteiger partial charge is 0.335 e. The summed E-state index contributed by atoms with van der Waals surface area (Å²) in [6, 6.07) is 7.01. The Bertz CT molecular complexity index is 851. The van der Waals surface area contributed by atoms with Crippen LogP contribution < -0.4 is 16.0 Å². The van der Waals surface area contributed by atoms with Crippen molar-refractivity contribution in [1.82, 2.24) is 20.8 Å². The molecule has 1 aromatic carbocycles. The molecule has 2 aromatic rings. The first-order chi connectivity index (χ1) is 14.5. The number of carbonyl (C=O) groups excluding carboxylic acids is 2. The fourth-order valence-corrected chi connectivity index (χ4v) is 4.50. The van der Waals surface area contributed by atoms with E-state index in [4.69, 9.17) is 0 Å². The normalized spacial score (nSPS) is 16.5. The van der Waals surface area contributed by atoms with Crippen LogP contribution >= 0.6 is 27.3 Å². The zero-order valence-corrected chi connectivity index (χ0v) is 19.7. The van der Waals surface area contributed by atoms with Gasteiger partial charge in [-0.25, -0.2) is 4.79 Å². The van der Waals surface area contributed by atoms with Gasteiger partial charge < -0.3 is 10.6 Å². The van der Waals surface area contributed by atoms with Crippen molar-refractivity contribution in [1.29, 1.82) is 0 Å². The third kappa shape index (κ3) is 6.25. The summed E-state index contributed by atoms with van der Waals surface area (Å²) in [5.41, 5.74) is 0.930. The van der Waals surface area contributed by atoms with Crippen LogP contribution in [0.3, 0.4) is 0 Å². The molecule has 2 unspecified atom stereocenters. The third-order valence-electron chi connectivity index (χ3n) is 5.47. The monoisotopic (exact) mass is 493 g/mol. The number of nitrogens with one attached hydrogen (secondary N) is 3. The SMILES string of the molecule is CCC(C)C(NC(=O)NC1CCCCC1)C(=O)Nc1nnc(-c2ccc(Br)cc2)s1. The van der Waals surface area contributed by atoms with Crippen LogP contribution in [-0.4, -0.2) is 34.2 Å². The predicted molar refractivity (Wildman–Crippen MR) is 123 cm³/mol. The van der Waals surface area contributed by atoms with Crippen molar-refractivity contribution in [3.05, 3.63) is 28.7 Å². The molecular weight excluding hydrogens is 466 g/mol. The highest BCUT2D eigenvalue weighted by Crippen LogP contribution is 2.27. The van der Waals surface area contributed by atoms with E-state index in [-0.39, 0.29) is 23.9 Å². The van der Waals surface area contributed by atoms with E-state index in [1.165, 1.54) is 17.8 Å². The third-order valence-corrected chi connectivity index (χ3v) is 6.89. The van der Waals surface area contributed by atoms with E-state index in [0.29, 0.717) is 5.13 Å². The fraction of sp³-hybridized carbons (Fsp3) is 0.524. The Kier molecular flexibility index (Phi) is 8.21. The summed E-state index contributed by atoms with van der Waals surface area (Å²) in [7, 11) is 0. The molecule has 0 saturated heterocycles. The summed E-state index contributed by atoms with van der Waals surface area (Å²) >= 11 is 4.72. The van der Waals surface area contributed by atoms with Gasteiger partial charge in [-0.15, -0.1) is 10.2 Å². The molecule has 3 N–H and O–H groups in total.